The van der Waals surface area contributed by atoms with Crippen molar-refractivity contribution in [3.63, 3.8) is 0 Å². The summed E-state index contributed by atoms with van der Waals surface area (Å²) in [6, 6.07) is 0. The lowest BCUT2D eigenvalue weighted by Gasteiger charge is -2.09. The normalized spacial score (nSPS) is 10.1. The molecule has 0 aromatic carbocycles. The SMILES string of the molecule is C=C(NC)c1c(C)cnn1CCC. The molecule has 0 aliphatic rings. The Balaban J connectivity index is 3.01. The average Bonchev–Trinajstić information content (AvgIpc) is 2.47. The van der Waals surface area contributed by atoms with Crippen molar-refractivity contribution in [2.45, 2.75) is 26.8 Å². The van der Waals surface area contributed by atoms with Gasteiger partial charge in [-0.1, -0.05) is 13.5 Å². The monoisotopic (exact) mass is 179 g/mol. The summed E-state index contributed by atoms with van der Waals surface area (Å²) < 4.78 is 1.99. The zero-order chi connectivity index (χ0) is 9.84. The lowest BCUT2D eigenvalue weighted by atomic mass is 10.2. The first-order valence-electron chi connectivity index (χ1n) is 4.60. The van der Waals surface area contributed by atoms with Gasteiger partial charge in [0.25, 0.3) is 0 Å². The predicted octanol–water partition coefficient (Wildman–Crippen LogP) is 1.79. The molecule has 0 fully saturated rings. The maximum Gasteiger partial charge on any atom is 0.0864 e. The van der Waals surface area contributed by atoms with Gasteiger partial charge in [0.2, 0.25) is 0 Å². The maximum absolute atomic E-state index is 4.29. The second-order valence-electron chi connectivity index (χ2n) is 3.13. The standard InChI is InChI=1S/C10H17N3/c1-5-6-13-10(9(3)11-4)8(2)7-12-13/h7,11H,3,5-6H2,1-2,4H3. The minimum atomic E-state index is 0.934. The Hall–Kier alpha value is -1.25. The number of aromatic nitrogens is 2. The molecule has 0 aliphatic heterocycles. The molecule has 1 aromatic heterocycles. The van der Waals surface area contributed by atoms with Gasteiger partial charge in [-0.05, 0) is 18.9 Å². The fraction of sp³-hybridized carbons (Fsp3) is 0.500. The molecule has 3 nitrogen and oxygen atoms in total. The molecule has 13 heavy (non-hydrogen) atoms. The van der Waals surface area contributed by atoms with Crippen molar-refractivity contribution in [3.8, 4) is 0 Å². The first-order valence-corrected chi connectivity index (χ1v) is 4.60. The van der Waals surface area contributed by atoms with E-state index in [1.807, 2.05) is 17.9 Å². The molecule has 0 saturated carbocycles. The molecular formula is C10H17N3. The quantitative estimate of drug-likeness (QED) is 0.763. The molecule has 1 rings (SSSR count). The molecule has 0 saturated heterocycles. The van der Waals surface area contributed by atoms with Crippen LogP contribution in [-0.4, -0.2) is 16.8 Å². The van der Waals surface area contributed by atoms with Crippen molar-refractivity contribution < 1.29 is 0 Å². The van der Waals surface area contributed by atoms with Crippen LogP contribution in [0.2, 0.25) is 0 Å². The highest BCUT2D eigenvalue weighted by molar-refractivity contribution is 5.60. The number of rotatable bonds is 4. The van der Waals surface area contributed by atoms with Crippen molar-refractivity contribution in [3.05, 3.63) is 24.0 Å². The van der Waals surface area contributed by atoms with E-state index in [0.29, 0.717) is 0 Å². The van der Waals surface area contributed by atoms with Gasteiger partial charge < -0.3 is 5.32 Å². The van der Waals surface area contributed by atoms with E-state index >= 15 is 0 Å². The van der Waals surface area contributed by atoms with Gasteiger partial charge in [0.1, 0.15) is 0 Å². The summed E-state index contributed by atoms with van der Waals surface area (Å²) in [5.41, 5.74) is 3.22. The molecule has 1 N–H and O–H groups in total. The van der Waals surface area contributed by atoms with Crippen LogP contribution >= 0.6 is 0 Å². The van der Waals surface area contributed by atoms with Crippen LogP contribution in [0.25, 0.3) is 5.70 Å². The molecule has 1 aromatic rings. The molecule has 0 spiro atoms. The second-order valence-corrected chi connectivity index (χ2v) is 3.13. The Morgan fingerprint density at radius 1 is 1.69 bits per heavy atom. The van der Waals surface area contributed by atoms with E-state index in [0.717, 1.165) is 24.4 Å². The van der Waals surface area contributed by atoms with Gasteiger partial charge in [-0.3, -0.25) is 4.68 Å². The molecule has 0 radical (unpaired) electrons. The zero-order valence-corrected chi connectivity index (χ0v) is 8.59. The Morgan fingerprint density at radius 2 is 2.38 bits per heavy atom. The van der Waals surface area contributed by atoms with Crippen molar-refractivity contribution >= 4 is 5.70 Å². The Kier molecular flexibility index (Phi) is 3.12. The van der Waals surface area contributed by atoms with Crippen LogP contribution in [-0.2, 0) is 6.54 Å². The third-order valence-electron chi connectivity index (χ3n) is 2.05. The summed E-state index contributed by atoms with van der Waals surface area (Å²) >= 11 is 0. The fourth-order valence-electron chi connectivity index (χ4n) is 1.37. The molecule has 0 atom stereocenters. The number of nitrogens with zero attached hydrogens (tertiary/aromatic N) is 2. The van der Waals surface area contributed by atoms with Crippen molar-refractivity contribution in [1.29, 1.82) is 0 Å². The van der Waals surface area contributed by atoms with E-state index in [4.69, 9.17) is 0 Å². The molecule has 0 unspecified atom stereocenters. The summed E-state index contributed by atoms with van der Waals surface area (Å²) in [6.45, 7) is 9.09. The van der Waals surface area contributed by atoms with Crippen LogP contribution in [0.3, 0.4) is 0 Å². The van der Waals surface area contributed by atoms with Crippen LogP contribution in [0.4, 0.5) is 0 Å². The third kappa shape index (κ3) is 1.91. The minimum absolute atomic E-state index is 0.934. The van der Waals surface area contributed by atoms with Crippen molar-refractivity contribution in [2.24, 2.45) is 0 Å². The topological polar surface area (TPSA) is 29.9 Å². The van der Waals surface area contributed by atoms with Crippen molar-refractivity contribution in [2.75, 3.05) is 7.05 Å². The highest BCUT2D eigenvalue weighted by Gasteiger charge is 2.08. The molecule has 1 heterocycles. The van der Waals surface area contributed by atoms with Crippen LogP contribution in [0.15, 0.2) is 12.8 Å². The highest BCUT2D eigenvalue weighted by atomic mass is 15.3. The molecule has 3 heteroatoms. The third-order valence-corrected chi connectivity index (χ3v) is 2.05. The number of aryl methyl sites for hydroxylation is 2. The Labute approximate surface area is 79.5 Å². The van der Waals surface area contributed by atoms with E-state index in [9.17, 15) is 0 Å². The van der Waals surface area contributed by atoms with Gasteiger partial charge in [-0.15, -0.1) is 0 Å². The summed E-state index contributed by atoms with van der Waals surface area (Å²) in [4.78, 5) is 0. The highest BCUT2D eigenvalue weighted by Crippen LogP contribution is 2.14. The van der Waals surface area contributed by atoms with Gasteiger partial charge >= 0.3 is 0 Å². The van der Waals surface area contributed by atoms with E-state index < -0.39 is 0 Å². The minimum Gasteiger partial charge on any atom is -0.387 e. The molecule has 0 amide bonds. The summed E-state index contributed by atoms with van der Waals surface area (Å²) in [5, 5.41) is 7.34. The van der Waals surface area contributed by atoms with Crippen LogP contribution in [0.1, 0.15) is 24.6 Å². The first-order chi connectivity index (χ1) is 6.20. The fourth-order valence-corrected chi connectivity index (χ4v) is 1.37. The predicted molar refractivity (Wildman–Crippen MR) is 55.3 cm³/mol. The number of hydrogen-bond acceptors (Lipinski definition) is 2. The van der Waals surface area contributed by atoms with E-state index in [1.165, 1.54) is 5.56 Å². The Morgan fingerprint density at radius 3 is 2.92 bits per heavy atom. The molecule has 0 bridgehead atoms. The largest absolute Gasteiger partial charge is 0.387 e. The second kappa shape index (κ2) is 4.12. The van der Waals surface area contributed by atoms with Crippen LogP contribution in [0.5, 0.6) is 0 Å². The van der Waals surface area contributed by atoms with Gasteiger partial charge in [-0.2, -0.15) is 5.10 Å². The van der Waals surface area contributed by atoms with Crippen molar-refractivity contribution in [1.82, 2.24) is 15.1 Å². The van der Waals surface area contributed by atoms with Crippen LogP contribution in [0, 0.1) is 6.92 Å². The maximum atomic E-state index is 4.29. The summed E-state index contributed by atoms with van der Waals surface area (Å²) in [7, 11) is 1.88. The first kappa shape index (κ1) is 9.84. The average molecular weight is 179 g/mol. The zero-order valence-electron chi connectivity index (χ0n) is 8.59. The number of hydrogen-bond donors (Lipinski definition) is 1. The Bertz CT molecular complexity index is 299. The van der Waals surface area contributed by atoms with E-state index in [1.54, 1.807) is 0 Å². The molecule has 72 valence electrons. The summed E-state index contributed by atoms with van der Waals surface area (Å²) in [6.07, 6.45) is 2.97. The van der Waals surface area contributed by atoms with Gasteiger partial charge in [-0.25, -0.2) is 0 Å². The lowest BCUT2D eigenvalue weighted by molar-refractivity contribution is 0.594. The smallest absolute Gasteiger partial charge is 0.0864 e. The number of nitrogens with one attached hydrogen (secondary N) is 1. The van der Waals surface area contributed by atoms with Gasteiger partial charge in [0.05, 0.1) is 17.6 Å². The molecular weight excluding hydrogens is 162 g/mol. The van der Waals surface area contributed by atoms with Crippen LogP contribution < -0.4 is 5.32 Å². The molecule has 0 aliphatic carbocycles. The van der Waals surface area contributed by atoms with E-state index in [2.05, 4.69) is 30.8 Å². The van der Waals surface area contributed by atoms with E-state index in [-0.39, 0.29) is 0 Å². The van der Waals surface area contributed by atoms with Gasteiger partial charge in [0, 0.05) is 13.6 Å². The lowest BCUT2D eigenvalue weighted by Crippen LogP contribution is -2.11. The summed E-state index contributed by atoms with van der Waals surface area (Å²) in [5.74, 6) is 0. The van der Waals surface area contributed by atoms with Gasteiger partial charge in [0.15, 0.2) is 0 Å².